The standard InChI is InChI=1S/C20H20FNO2/c1-22(13-16-14-24-19-8-4-3-7-17(16)19)11-5-6-15-9-10-20(23-2)18(21)12-15/h3-10,12,14H,11,13H2,1-2H3/b6-5+. The van der Waals surface area contributed by atoms with Crippen LogP contribution in [0.25, 0.3) is 17.0 Å². The molecule has 0 fully saturated rings. The lowest BCUT2D eigenvalue weighted by Gasteiger charge is -2.13. The molecule has 124 valence electrons. The largest absolute Gasteiger partial charge is 0.494 e. The summed E-state index contributed by atoms with van der Waals surface area (Å²) in [6.07, 6.45) is 5.74. The molecule has 3 aromatic rings. The highest BCUT2D eigenvalue weighted by atomic mass is 19.1. The predicted molar refractivity (Wildman–Crippen MR) is 94.5 cm³/mol. The number of nitrogens with zero attached hydrogens (tertiary/aromatic N) is 1. The van der Waals surface area contributed by atoms with Crippen LogP contribution in [0.3, 0.4) is 0 Å². The molecule has 0 aliphatic heterocycles. The zero-order chi connectivity index (χ0) is 16.9. The Morgan fingerprint density at radius 1 is 1.21 bits per heavy atom. The zero-order valence-corrected chi connectivity index (χ0v) is 13.8. The summed E-state index contributed by atoms with van der Waals surface area (Å²) in [7, 11) is 3.50. The first-order chi connectivity index (χ1) is 11.7. The molecule has 0 saturated heterocycles. The number of furan rings is 1. The summed E-state index contributed by atoms with van der Waals surface area (Å²) in [5.41, 5.74) is 2.89. The molecule has 0 aliphatic rings. The van der Waals surface area contributed by atoms with E-state index in [1.807, 2.05) is 49.7 Å². The topological polar surface area (TPSA) is 25.6 Å². The molecule has 2 aromatic carbocycles. The Balaban J connectivity index is 1.61. The molecule has 0 saturated carbocycles. The third-order valence-electron chi connectivity index (χ3n) is 3.90. The first kappa shape index (κ1) is 16.3. The Bertz CT molecular complexity index is 854. The van der Waals surface area contributed by atoms with Crippen molar-refractivity contribution in [3.05, 3.63) is 71.7 Å². The minimum Gasteiger partial charge on any atom is -0.494 e. The van der Waals surface area contributed by atoms with Crippen LogP contribution in [0.15, 0.2) is 59.2 Å². The van der Waals surface area contributed by atoms with Crippen LogP contribution < -0.4 is 4.74 Å². The van der Waals surface area contributed by atoms with Gasteiger partial charge in [0.05, 0.1) is 13.4 Å². The minimum absolute atomic E-state index is 0.260. The molecule has 0 spiro atoms. The number of fused-ring (bicyclic) bond motifs is 1. The van der Waals surface area contributed by atoms with Crippen molar-refractivity contribution in [1.82, 2.24) is 4.90 Å². The van der Waals surface area contributed by atoms with E-state index in [4.69, 9.17) is 9.15 Å². The van der Waals surface area contributed by atoms with E-state index in [0.717, 1.165) is 35.2 Å². The van der Waals surface area contributed by atoms with E-state index in [0.29, 0.717) is 0 Å². The van der Waals surface area contributed by atoms with Crippen molar-refractivity contribution in [2.45, 2.75) is 6.54 Å². The van der Waals surface area contributed by atoms with E-state index in [9.17, 15) is 4.39 Å². The van der Waals surface area contributed by atoms with Crippen LogP contribution in [0.1, 0.15) is 11.1 Å². The number of ether oxygens (including phenoxy) is 1. The number of hydrogen-bond acceptors (Lipinski definition) is 3. The van der Waals surface area contributed by atoms with Crippen molar-refractivity contribution < 1.29 is 13.5 Å². The molecule has 0 atom stereocenters. The summed E-state index contributed by atoms with van der Waals surface area (Å²) in [5.74, 6) is -0.0889. The summed E-state index contributed by atoms with van der Waals surface area (Å²) in [4.78, 5) is 2.17. The molecule has 0 unspecified atom stereocenters. The lowest BCUT2D eigenvalue weighted by atomic mass is 10.1. The van der Waals surface area contributed by atoms with E-state index in [1.165, 1.54) is 13.2 Å². The van der Waals surface area contributed by atoms with Gasteiger partial charge in [0.25, 0.3) is 0 Å². The molecule has 3 rings (SSSR count). The lowest BCUT2D eigenvalue weighted by molar-refractivity contribution is 0.363. The summed E-state index contributed by atoms with van der Waals surface area (Å²) >= 11 is 0. The van der Waals surface area contributed by atoms with Gasteiger partial charge in [-0.3, -0.25) is 4.90 Å². The lowest BCUT2D eigenvalue weighted by Crippen LogP contribution is -2.17. The fraction of sp³-hybridized carbons (Fsp3) is 0.200. The van der Waals surface area contributed by atoms with Crippen molar-refractivity contribution in [1.29, 1.82) is 0 Å². The van der Waals surface area contributed by atoms with Crippen molar-refractivity contribution in [3.8, 4) is 5.75 Å². The Morgan fingerprint density at radius 2 is 2.04 bits per heavy atom. The number of benzene rings is 2. The van der Waals surface area contributed by atoms with Gasteiger partial charge in [-0.2, -0.15) is 0 Å². The van der Waals surface area contributed by atoms with E-state index in [1.54, 1.807) is 6.07 Å². The van der Waals surface area contributed by atoms with Crippen molar-refractivity contribution in [3.63, 3.8) is 0 Å². The first-order valence-electron chi connectivity index (χ1n) is 7.81. The SMILES string of the molecule is COc1ccc(/C=C/CN(C)Cc2coc3ccccc23)cc1F. The van der Waals surface area contributed by atoms with Crippen molar-refractivity contribution >= 4 is 17.0 Å². The predicted octanol–water partition coefficient (Wildman–Crippen LogP) is 4.73. The number of hydrogen-bond donors (Lipinski definition) is 0. The molecule has 1 aromatic heterocycles. The third kappa shape index (κ3) is 3.66. The van der Waals surface area contributed by atoms with Crippen LogP contribution in [0.4, 0.5) is 4.39 Å². The first-order valence-corrected chi connectivity index (χ1v) is 7.81. The van der Waals surface area contributed by atoms with Gasteiger partial charge in [-0.1, -0.05) is 36.4 Å². The number of rotatable bonds is 6. The molecule has 24 heavy (non-hydrogen) atoms. The number of methoxy groups -OCH3 is 1. The van der Waals surface area contributed by atoms with Crippen LogP contribution in [0.2, 0.25) is 0 Å². The third-order valence-corrected chi connectivity index (χ3v) is 3.90. The van der Waals surface area contributed by atoms with Gasteiger partial charge in [-0.15, -0.1) is 0 Å². The highest BCUT2D eigenvalue weighted by Crippen LogP contribution is 2.22. The summed E-state index contributed by atoms with van der Waals surface area (Å²) < 4.78 is 24.1. The normalized spacial score (nSPS) is 11.7. The second-order valence-electron chi connectivity index (χ2n) is 5.75. The van der Waals surface area contributed by atoms with E-state index < -0.39 is 0 Å². The molecule has 3 nitrogen and oxygen atoms in total. The average Bonchev–Trinajstić information content (AvgIpc) is 2.98. The van der Waals surface area contributed by atoms with Gasteiger partial charge >= 0.3 is 0 Å². The molecule has 1 heterocycles. The van der Waals surface area contributed by atoms with Gasteiger partial charge in [-0.05, 0) is 30.8 Å². The monoisotopic (exact) mass is 325 g/mol. The maximum Gasteiger partial charge on any atom is 0.165 e. The Hall–Kier alpha value is -2.59. The molecule has 4 heteroatoms. The van der Waals surface area contributed by atoms with Crippen LogP contribution in [-0.2, 0) is 6.54 Å². The van der Waals surface area contributed by atoms with Gasteiger partial charge in [0.2, 0.25) is 0 Å². The number of halogens is 1. The Kier molecular flexibility index (Phi) is 4.96. The van der Waals surface area contributed by atoms with Crippen molar-refractivity contribution in [2.75, 3.05) is 20.7 Å². The fourth-order valence-corrected chi connectivity index (χ4v) is 2.67. The van der Waals surface area contributed by atoms with E-state index >= 15 is 0 Å². The Morgan fingerprint density at radius 3 is 2.83 bits per heavy atom. The highest BCUT2D eigenvalue weighted by Gasteiger charge is 2.07. The number of likely N-dealkylation sites (N-methyl/N-ethyl adjacent to an activating group) is 1. The van der Waals surface area contributed by atoms with Gasteiger partial charge in [-0.25, -0.2) is 4.39 Å². The molecule has 0 bridgehead atoms. The molecule has 0 amide bonds. The maximum atomic E-state index is 13.7. The summed E-state index contributed by atoms with van der Waals surface area (Å²) in [6.45, 7) is 1.55. The molecule has 0 aliphatic carbocycles. The number of para-hydroxylation sites is 1. The maximum absolute atomic E-state index is 13.7. The van der Waals surface area contributed by atoms with E-state index in [2.05, 4.69) is 11.0 Å². The van der Waals surface area contributed by atoms with Crippen LogP contribution in [-0.4, -0.2) is 25.6 Å². The zero-order valence-electron chi connectivity index (χ0n) is 13.8. The second kappa shape index (κ2) is 7.32. The van der Waals surface area contributed by atoms with Gasteiger partial charge in [0.1, 0.15) is 5.58 Å². The van der Waals surface area contributed by atoms with Crippen LogP contribution in [0, 0.1) is 5.82 Å². The molecule has 0 N–H and O–H groups in total. The van der Waals surface area contributed by atoms with Gasteiger partial charge in [0.15, 0.2) is 11.6 Å². The highest BCUT2D eigenvalue weighted by molar-refractivity contribution is 5.80. The summed E-state index contributed by atoms with van der Waals surface area (Å²) in [6, 6.07) is 13.0. The quantitative estimate of drug-likeness (QED) is 0.655. The Labute approximate surface area is 141 Å². The van der Waals surface area contributed by atoms with Crippen molar-refractivity contribution in [2.24, 2.45) is 0 Å². The molecule has 0 radical (unpaired) electrons. The second-order valence-corrected chi connectivity index (χ2v) is 5.75. The molecular formula is C20H20FNO2. The summed E-state index contributed by atoms with van der Waals surface area (Å²) in [5, 5.41) is 1.14. The fourth-order valence-electron chi connectivity index (χ4n) is 2.67. The van der Waals surface area contributed by atoms with Gasteiger partial charge in [0, 0.05) is 24.0 Å². The van der Waals surface area contributed by atoms with E-state index in [-0.39, 0.29) is 11.6 Å². The van der Waals surface area contributed by atoms with Gasteiger partial charge < -0.3 is 9.15 Å². The minimum atomic E-state index is -0.349. The molecular weight excluding hydrogens is 305 g/mol. The van der Waals surface area contributed by atoms with Crippen LogP contribution in [0.5, 0.6) is 5.75 Å². The van der Waals surface area contributed by atoms with Crippen LogP contribution >= 0.6 is 0 Å². The average molecular weight is 325 g/mol. The smallest absolute Gasteiger partial charge is 0.165 e.